The zero-order valence-corrected chi connectivity index (χ0v) is 12.3. The van der Waals surface area contributed by atoms with Gasteiger partial charge < -0.3 is 19.3 Å². The van der Waals surface area contributed by atoms with Crippen LogP contribution in [0.3, 0.4) is 0 Å². The Balaban J connectivity index is 2.30. The summed E-state index contributed by atoms with van der Waals surface area (Å²) in [6, 6.07) is 11.0. The number of phenolic OH excluding ortho intramolecular Hbond substituents is 1. The summed E-state index contributed by atoms with van der Waals surface area (Å²) in [5, 5.41) is 10.1. The number of benzene rings is 2. The Morgan fingerprint density at radius 3 is 2.05 bits per heavy atom. The van der Waals surface area contributed by atoms with Crippen LogP contribution >= 0.6 is 0 Å². The van der Waals surface area contributed by atoms with E-state index in [2.05, 4.69) is 0 Å². The molecule has 0 aromatic heterocycles. The van der Waals surface area contributed by atoms with Gasteiger partial charge in [-0.3, -0.25) is 0 Å². The van der Waals surface area contributed by atoms with Crippen molar-refractivity contribution in [1.29, 1.82) is 0 Å². The fraction of sp³-hybridized carbons (Fsp3) is 0.176. The van der Waals surface area contributed by atoms with Crippen molar-refractivity contribution in [2.24, 2.45) is 0 Å². The largest absolute Gasteiger partial charge is 0.504 e. The van der Waals surface area contributed by atoms with E-state index in [9.17, 15) is 5.11 Å². The maximum absolute atomic E-state index is 10.1. The number of hydrogen-bond acceptors (Lipinski definition) is 4. The second-order valence-corrected chi connectivity index (χ2v) is 4.37. The van der Waals surface area contributed by atoms with Crippen LogP contribution in [0.5, 0.6) is 23.0 Å². The van der Waals surface area contributed by atoms with Gasteiger partial charge in [0, 0.05) is 11.6 Å². The third-order valence-electron chi connectivity index (χ3n) is 3.10. The highest BCUT2D eigenvalue weighted by atomic mass is 16.5. The summed E-state index contributed by atoms with van der Waals surface area (Å²) in [6.45, 7) is 0. The molecular formula is C17H18O4. The van der Waals surface area contributed by atoms with Gasteiger partial charge >= 0.3 is 0 Å². The first-order valence-electron chi connectivity index (χ1n) is 6.45. The smallest absolute Gasteiger partial charge is 0.165 e. The maximum Gasteiger partial charge on any atom is 0.165 e. The van der Waals surface area contributed by atoms with E-state index < -0.39 is 0 Å². The molecule has 0 aliphatic rings. The van der Waals surface area contributed by atoms with Crippen molar-refractivity contribution < 1.29 is 19.3 Å². The molecule has 2 rings (SSSR count). The molecule has 0 bridgehead atoms. The van der Waals surface area contributed by atoms with Crippen LogP contribution in [-0.2, 0) is 0 Å². The van der Waals surface area contributed by atoms with Gasteiger partial charge in [0.05, 0.1) is 21.3 Å². The zero-order chi connectivity index (χ0) is 15.2. The SMILES string of the molecule is COc1ccc(/C=C/c2cc(OC)cc(OC)c2O)cc1. The first-order valence-corrected chi connectivity index (χ1v) is 6.45. The maximum atomic E-state index is 10.1. The van der Waals surface area contributed by atoms with Gasteiger partial charge in [-0.25, -0.2) is 0 Å². The Bertz CT molecular complexity index is 630. The Morgan fingerprint density at radius 2 is 1.48 bits per heavy atom. The van der Waals surface area contributed by atoms with E-state index in [1.165, 1.54) is 7.11 Å². The van der Waals surface area contributed by atoms with Crippen LogP contribution in [-0.4, -0.2) is 26.4 Å². The average molecular weight is 286 g/mol. The fourth-order valence-electron chi connectivity index (χ4n) is 1.90. The lowest BCUT2D eigenvalue weighted by atomic mass is 10.1. The third-order valence-corrected chi connectivity index (χ3v) is 3.10. The van der Waals surface area contributed by atoms with Gasteiger partial charge in [0.25, 0.3) is 0 Å². The van der Waals surface area contributed by atoms with Crippen LogP contribution in [0.15, 0.2) is 36.4 Å². The lowest BCUT2D eigenvalue weighted by Gasteiger charge is -2.09. The standard InChI is InChI=1S/C17H18O4/c1-19-14-8-5-12(6-9-14)4-7-13-10-15(20-2)11-16(21-3)17(13)18/h4-11,18H,1-3H3/b7-4+. The number of ether oxygens (including phenoxy) is 3. The Morgan fingerprint density at radius 1 is 0.810 bits per heavy atom. The van der Waals surface area contributed by atoms with E-state index in [1.807, 2.05) is 36.4 Å². The molecule has 1 N–H and O–H groups in total. The fourth-order valence-corrected chi connectivity index (χ4v) is 1.90. The normalized spacial score (nSPS) is 10.6. The number of phenols is 1. The highest BCUT2D eigenvalue weighted by molar-refractivity contribution is 5.75. The Hall–Kier alpha value is -2.62. The summed E-state index contributed by atoms with van der Waals surface area (Å²) in [5.74, 6) is 1.89. The lowest BCUT2D eigenvalue weighted by Crippen LogP contribution is -1.89. The number of aromatic hydroxyl groups is 1. The minimum Gasteiger partial charge on any atom is -0.504 e. The van der Waals surface area contributed by atoms with Crippen molar-refractivity contribution in [1.82, 2.24) is 0 Å². The predicted octanol–water partition coefficient (Wildman–Crippen LogP) is 3.59. The molecule has 0 amide bonds. The summed E-state index contributed by atoms with van der Waals surface area (Å²) < 4.78 is 15.4. The lowest BCUT2D eigenvalue weighted by molar-refractivity contribution is 0.363. The molecule has 0 spiro atoms. The molecule has 0 aliphatic heterocycles. The van der Waals surface area contributed by atoms with Crippen LogP contribution in [0, 0.1) is 0 Å². The first-order chi connectivity index (χ1) is 10.2. The first kappa shape index (κ1) is 14.8. The third kappa shape index (κ3) is 3.48. The van der Waals surface area contributed by atoms with Crippen molar-refractivity contribution in [3.05, 3.63) is 47.5 Å². The molecule has 0 saturated heterocycles. The summed E-state index contributed by atoms with van der Waals surface area (Å²) in [7, 11) is 4.71. The minimum absolute atomic E-state index is 0.0862. The van der Waals surface area contributed by atoms with Crippen molar-refractivity contribution in [3.63, 3.8) is 0 Å². The monoisotopic (exact) mass is 286 g/mol. The molecule has 4 heteroatoms. The van der Waals surface area contributed by atoms with E-state index in [0.717, 1.165) is 11.3 Å². The zero-order valence-electron chi connectivity index (χ0n) is 12.3. The van der Waals surface area contributed by atoms with E-state index in [0.29, 0.717) is 17.1 Å². The number of hydrogen-bond donors (Lipinski definition) is 1. The highest BCUT2D eigenvalue weighted by Gasteiger charge is 2.08. The van der Waals surface area contributed by atoms with E-state index in [4.69, 9.17) is 14.2 Å². The molecule has 0 unspecified atom stereocenters. The van der Waals surface area contributed by atoms with E-state index in [-0.39, 0.29) is 5.75 Å². The van der Waals surface area contributed by atoms with Gasteiger partial charge in [0.15, 0.2) is 11.5 Å². The van der Waals surface area contributed by atoms with Crippen molar-refractivity contribution in [2.45, 2.75) is 0 Å². The quantitative estimate of drug-likeness (QED) is 0.853. The molecule has 0 aliphatic carbocycles. The Kier molecular flexibility index (Phi) is 4.72. The van der Waals surface area contributed by atoms with Crippen molar-refractivity contribution in [2.75, 3.05) is 21.3 Å². The molecule has 2 aromatic rings. The molecule has 0 heterocycles. The highest BCUT2D eigenvalue weighted by Crippen LogP contribution is 2.35. The van der Waals surface area contributed by atoms with Gasteiger partial charge in [-0.2, -0.15) is 0 Å². The Labute approximate surface area is 124 Å². The van der Waals surface area contributed by atoms with Crippen molar-refractivity contribution >= 4 is 12.2 Å². The van der Waals surface area contributed by atoms with E-state index >= 15 is 0 Å². The summed E-state index contributed by atoms with van der Waals surface area (Å²) in [6.07, 6.45) is 3.70. The summed E-state index contributed by atoms with van der Waals surface area (Å²) in [5.41, 5.74) is 1.62. The molecular weight excluding hydrogens is 268 g/mol. The molecule has 0 fully saturated rings. The molecule has 0 radical (unpaired) electrons. The molecule has 0 atom stereocenters. The van der Waals surface area contributed by atoms with Crippen molar-refractivity contribution in [3.8, 4) is 23.0 Å². The summed E-state index contributed by atoms with van der Waals surface area (Å²) in [4.78, 5) is 0. The second kappa shape index (κ2) is 6.70. The second-order valence-electron chi connectivity index (χ2n) is 4.37. The number of rotatable bonds is 5. The van der Waals surface area contributed by atoms with Gasteiger partial charge in [-0.05, 0) is 23.8 Å². The van der Waals surface area contributed by atoms with Crippen LogP contribution in [0.2, 0.25) is 0 Å². The minimum atomic E-state index is 0.0862. The predicted molar refractivity (Wildman–Crippen MR) is 83.1 cm³/mol. The molecule has 0 saturated carbocycles. The molecule has 2 aromatic carbocycles. The van der Waals surface area contributed by atoms with E-state index in [1.54, 1.807) is 26.4 Å². The van der Waals surface area contributed by atoms with Gasteiger partial charge in [0.1, 0.15) is 11.5 Å². The average Bonchev–Trinajstić information content (AvgIpc) is 2.54. The van der Waals surface area contributed by atoms with Gasteiger partial charge in [-0.1, -0.05) is 24.3 Å². The van der Waals surface area contributed by atoms with Crippen LogP contribution < -0.4 is 14.2 Å². The molecule has 21 heavy (non-hydrogen) atoms. The van der Waals surface area contributed by atoms with Gasteiger partial charge in [0.2, 0.25) is 0 Å². The molecule has 110 valence electrons. The van der Waals surface area contributed by atoms with Crippen LogP contribution in [0.1, 0.15) is 11.1 Å². The summed E-state index contributed by atoms with van der Waals surface area (Å²) >= 11 is 0. The topological polar surface area (TPSA) is 47.9 Å². The van der Waals surface area contributed by atoms with Crippen LogP contribution in [0.4, 0.5) is 0 Å². The van der Waals surface area contributed by atoms with Gasteiger partial charge in [-0.15, -0.1) is 0 Å². The van der Waals surface area contributed by atoms with Crippen LogP contribution in [0.25, 0.3) is 12.2 Å². The number of methoxy groups -OCH3 is 3. The molecule has 4 nitrogen and oxygen atoms in total.